The van der Waals surface area contributed by atoms with Crippen molar-refractivity contribution in [3.63, 3.8) is 0 Å². The molecule has 6 heteroatoms. The summed E-state index contributed by atoms with van der Waals surface area (Å²) >= 11 is 0. The maximum absolute atomic E-state index is 12.3. The third kappa shape index (κ3) is 1.85. The minimum absolute atomic E-state index is 0.00847. The minimum Gasteiger partial charge on any atom is -0.326 e. The summed E-state index contributed by atoms with van der Waals surface area (Å²) in [6, 6.07) is 1.15. The van der Waals surface area contributed by atoms with E-state index in [2.05, 4.69) is 0 Å². The molecule has 3 N–H and O–H groups in total. The maximum Gasteiger partial charge on any atom is 0.269 e. The number of hydrogen-bond donors (Lipinski definition) is 2. The molecule has 1 rings (SSSR count). The Morgan fingerprint density at radius 1 is 1.57 bits per heavy atom. The van der Waals surface area contributed by atoms with E-state index in [1.807, 2.05) is 4.98 Å². The lowest BCUT2D eigenvalue weighted by Crippen LogP contribution is -2.19. The van der Waals surface area contributed by atoms with Crippen molar-refractivity contribution in [1.29, 1.82) is 0 Å². The highest BCUT2D eigenvalue weighted by Gasteiger charge is 2.17. The molecule has 0 unspecified atom stereocenters. The number of carbonyl (C=O) groups excluding carboxylic acids is 1. The second kappa shape index (κ2) is 4.10. The van der Waals surface area contributed by atoms with Crippen molar-refractivity contribution in [3.05, 3.63) is 33.2 Å². The summed E-state index contributed by atoms with van der Waals surface area (Å²) in [6.07, 6.45) is -2.52. The average molecular weight is 202 g/mol. The number of aromatic amines is 1. The maximum atomic E-state index is 12.3. The van der Waals surface area contributed by atoms with Crippen molar-refractivity contribution in [1.82, 2.24) is 4.98 Å². The molecular weight excluding hydrogens is 194 g/mol. The normalized spacial score (nSPS) is 10.6. The van der Waals surface area contributed by atoms with E-state index >= 15 is 0 Å². The van der Waals surface area contributed by atoms with E-state index in [0.29, 0.717) is 6.29 Å². The summed E-state index contributed by atoms with van der Waals surface area (Å²) < 4.78 is 24.7. The molecule has 76 valence electrons. The van der Waals surface area contributed by atoms with E-state index in [9.17, 15) is 18.4 Å². The van der Waals surface area contributed by atoms with Gasteiger partial charge in [0.15, 0.2) is 6.29 Å². The van der Waals surface area contributed by atoms with Gasteiger partial charge in [-0.15, -0.1) is 0 Å². The summed E-state index contributed by atoms with van der Waals surface area (Å²) in [5, 5.41) is 0. The Kier molecular flexibility index (Phi) is 3.08. The van der Waals surface area contributed by atoms with Gasteiger partial charge in [-0.05, 0) is 11.6 Å². The number of pyridine rings is 1. The summed E-state index contributed by atoms with van der Waals surface area (Å²) in [5.41, 5.74) is 3.48. The van der Waals surface area contributed by atoms with Crippen molar-refractivity contribution < 1.29 is 13.6 Å². The highest BCUT2D eigenvalue weighted by Crippen LogP contribution is 2.18. The Morgan fingerprint density at radius 2 is 2.21 bits per heavy atom. The highest BCUT2D eigenvalue weighted by atomic mass is 19.3. The molecule has 1 aromatic heterocycles. The van der Waals surface area contributed by atoms with Crippen LogP contribution in [0.5, 0.6) is 0 Å². The minimum atomic E-state index is -2.89. The molecule has 0 saturated heterocycles. The Balaban J connectivity index is 3.42. The monoisotopic (exact) mass is 202 g/mol. The zero-order chi connectivity index (χ0) is 10.7. The van der Waals surface area contributed by atoms with Crippen LogP contribution in [0.3, 0.4) is 0 Å². The number of aromatic nitrogens is 1. The molecule has 0 aliphatic carbocycles. The summed E-state index contributed by atoms with van der Waals surface area (Å²) in [6.45, 7) is -0.204. The number of nitrogens with one attached hydrogen (secondary N) is 1. The largest absolute Gasteiger partial charge is 0.326 e. The lowest BCUT2D eigenvalue weighted by molar-refractivity contribution is 0.111. The van der Waals surface area contributed by atoms with Gasteiger partial charge in [-0.2, -0.15) is 0 Å². The molecule has 1 aromatic rings. The number of carbonyl (C=O) groups is 1. The Hall–Kier alpha value is -1.56. The van der Waals surface area contributed by atoms with Gasteiger partial charge in [0.2, 0.25) is 0 Å². The third-order valence-electron chi connectivity index (χ3n) is 1.74. The molecule has 0 spiro atoms. The van der Waals surface area contributed by atoms with Gasteiger partial charge in [0.25, 0.3) is 12.0 Å². The van der Waals surface area contributed by atoms with Crippen LogP contribution in [0.25, 0.3) is 0 Å². The fourth-order valence-electron chi connectivity index (χ4n) is 1.12. The first-order valence-electron chi connectivity index (χ1n) is 3.79. The summed E-state index contributed by atoms with van der Waals surface area (Å²) in [7, 11) is 0. The predicted octanol–water partition coefficient (Wildman–Crippen LogP) is 0.584. The van der Waals surface area contributed by atoms with E-state index in [4.69, 9.17) is 5.73 Å². The molecule has 0 aliphatic rings. The third-order valence-corrected chi connectivity index (χ3v) is 1.74. The van der Waals surface area contributed by atoms with E-state index in [1.54, 1.807) is 0 Å². The van der Waals surface area contributed by atoms with Crippen molar-refractivity contribution in [2.75, 3.05) is 0 Å². The van der Waals surface area contributed by atoms with Crippen LogP contribution >= 0.6 is 0 Å². The molecule has 0 aromatic carbocycles. The fourth-order valence-corrected chi connectivity index (χ4v) is 1.12. The second-order valence-corrected chi connectivity index (χ2v) is 2.62. The first-order chi connectivity index (χ1) is 6.60. The van der Waals surface area contributed by atoms with Gasteiger partial charge < -0.3 is 10.7 Å². The quantitative estimate of drug-likeness (QED) is 0.704. The van der Waals surface area contributed by atoms with Crippen LogP contribution in [0.4, 0.5) is 8.78 Å². The number of rotatable bonds is 3. The highest BCUT2D eigenvalue weighted by molar-refractivity contribution is 5.72. The zero-order valence-corrected chi connectivity index (χ0v) is 7.09. The molecule has 1 heterocycles. The Morgan fingerprint density at radius 3 is 2.64 bits per heavy atom. The number of aldehydes is 1. The molecule has 4 nitrogen and oxygen atoms in total. The fraction of sp³-hybridized carbons (Fsp3) is 0.250. The van der Waals surface area contributed by atoms with Gasteiger partial charge in [0.05, 0.1) is 11.3 Å². The van der Waals surface area contributed by atoms with Crippen molar-refractivity contribution in [3.8, 4) is 0 Å². The number of halogens is 2. The van der Waals surface area contributed by atoms with E-state index in [1.165, 1.54) is 0 Å². The molecule has 0 fully saturated rings. The summed E-state index contributed by atoms with van der Waals surface area (Å²) in [5.74, 6) is 0. The van der Waals surface area contributed by atoms with Gasteiger partial charge in [-0.25, -0.2) is 8.78 Å². The number of nitrogens with two attached hydrogens (primary N) is 1. The molecule has 0 bridgehead atoms. The van der Waals surface area contributed by atoms with Crippen LogP contribution in [0.15, 0.2) is 10.9 Å². The second-order valence-electron chi connectivity index (χ2n) is 2.62. The van der Waals surface area contributed by atoms with Crippen LogP contribution in [0.2, 0.25) is 0 Å². The Bertz CT molecular complexity index is 401. The van der Waals surface area contributed by atoms with E-state index in [-0.39, 0.29) is 17.8 Å². The van der Waals surface area contributed by atoms with Gasteiger partial charge in [0, 0.05) is 6.54 Å². The standard InChI is InChI=1S/C8H8F2N2O2/c9-7(10)6-4(2-11)1-5(3-13)12-8(6)14/h1,3,7H,2,11H2,(H,12,14). The number of alkyl halides is 2. The van der Waals surface area contributed by atoms with Gasteiger partial charge in [0.1, 0.15) is 0 Å². The number of hydrogen-bond acceptors (Lipinski definition) is 3. The lowest BCUT2D eigenvalue weighted by atomic mass is 10.1. The Labute approximate surface area is 77.7 Å². The van der Waals surface area contributed by atoms with Crippen LogP contribution in [-0.4, -0.2) is 11.3 Å². The zero-order valence-electron chi connectivity index (χ0n) is 7.09. The topological polar surface area (TPSA) is 76.0 Å². The van der Waals surface area contributed by atoms with E-state index in [0.717, 1.165) is 6.07 Å². The molecule has 0 atom stereocenters. The first-order valence-corrected chi connectivity index (χ1v) is 3.79. The average Bonchev–Trinajstić information content (AvgIpc) is 2.15. The van der Waals surface area contributed by atoms with Gasteiger partial charge in [-0.1, -0.05) is 0 Å². The van der Waals surface area contributed by atoms with Crippen molar-refractivity contribution >= 4 is 6.29 Å². The van der Waals surface area contributed by atoms with Gasteiger partial charge >= 0.3 is 0 Å². The van der Waals surface area contributed by atoms with Crippen molar-refractivity contribution in [2.45, 2.75) is 13.0 Å². The molecule has 0 radical (unpaired) electrons. The van der Waals surface area contributed by atoms with Crippen LogP contribution in [-0.2, 0) is 6.54 Å². The molecule has 0 aliphatic heterocycles. The molecule has 0 saturated carbocycles. The van der Waals surface area contributed by atoms with Crippen LogP contribution in [0, 0.1) is 0 Å². The summed E-state index contributed by atoms with van der Waals surface area (Å²) in [4.78, 5) is 23.4. The molecule has 0 amide bonds. The smallest absolute Gasteiger partial charge is 0.269 e. The number of H-pyrrole nitrogens is 1. The SMILES string of the molecule is NCc1cc(C=O)[nH]c(=O)c1C(F)F. The first kappa shape index (κ1) is 10.5. The lowest BCUT2D eigenvalue weighted by Gasteiger charge is -2.05. The van der Waals surface area contributed by atoms with Gasteiger partial charge in [-0.3, -0.25) is 9.59 Å². The van der Waals surface area contributed by atoms with Crippen LogP contribution in [0.1, 0.15) is 28.0 Å². The van der Waals surface area contributed by atoms with E-state index < -0.39 is 17.5 Å². The molecular formula is C8H8F2N2O2. The predicted molar refractivity (Wildman–Crippen MR) is 45.3 cm³/mol. The van der Waals surface area contributed by atoms with Crippen molar-refractivity contribution in [2.24, 2.45) is 5.73 Å². The molecule has 14 heavy (non-hydrogen) atoms. The van der Waals surface area contributed by atoms with Crippen LogP contribution < -0.4 is 11.3 Å².